The topological polar surface area (TPSA) is 37.3 Å². The van der Waals surface area contributed by atoms with Crippen LogP contribution < -0.4 is 0 Å². The number of Topliss-reactive ketones (excluding diaryl/α,β-unsaturated/α-hetero) is 1. The van der Waals surface area contributed by atoms with Crippen LogP contribution in [-0.2, 0) is 0 Å². The van der Waals surface area contributed by atoms with E-state index in [-0.39, 0.29) is 5.78 Å². The molecule has 0 amide bonds. The smallest absolute Gasteiger partial charge is 0.192 e. The Hall–Kier alpha value is -1.15. The third kappa shape index (κ3) is 2.50. The molecule has 2 nitrogen and oxygen atoms in total. The minimum absolute atomic E-state index is 0.186. The van der Waals surface area contributed by atoms with Crippen LogP contribution in [0.1, 0.15) is 42.3 Å². The fraction of sp³-hybridized carbons (Fsp3) is 0.500. The van der Waals surface area contributed by atoms with Gasteiger partial charge in [-0.05, 0) is 30.4 Å². The Labute approximate surface area is 97.3 Å². The Morgan fingerprint density at radius 1 is 1.25 bits per heavy atom. The third-order valence-corrected chi connectivity index (χ3v) is 2.94. The highest BCUT2D eigenvalue weighted by Crippen LogP contribution is 2.24. The number of aryl methyl sites for hydroxylation is 1. The lowest BCUT2D eigenvalue weighted by molar-refractivity contribution is 0.0442. The third-order valence-electron chi connectivity index (χ3n) is 2.94. The molecule has 0 saturated heterocycles. The summed E-state index contributed by atoms with van der Waals surface area (Å²) in [6.45, 7) is 9.47. The average Bonchev–Trinajstić information content (AvgIpc) is 2.18. The minimum Gasteiger partial charge on any atom is -0.384 e. The Bertz CT molecular complexity index is 400. The van der Waals surface area contributed by atoms with Gasteiger partial charge in [0, 0.05) is 5.56 Å². The number of hydrogen-bond donors (Lipinski definition) is 1. The van der Waals surface area contributed by atoms with Crippen LogP contribution in [0.25, 0.3) is 0 Å². The maximum absolute atomic E-state index is 12.1. The van der Waals surface area contributed by atoms with Crippen molar-refractivity contribution in [3.63, 3.8) is 0 Å². The quantitative estimate of drug-likeness (QED) is 0.778. The normalized spacial score (nSPS) is 13.6. The molecule has 88 valence electrons. The SMILES string of the molecule is Cc1cccc(C(=O)C(O)C(C)(C)C)c1C. The highest BCUT2D eigenvalue weighted by Gasteiger charge is 2.30. The zero-order chi connectivity index (χ0) is 12.5. The first-order valence-corrected chi connectivity index (χ1v) is 5.53. The highest BCUT2D eigenvalue weighted by molar-refractivity contribution is 6.01. The van der Waals surface area contributed by atoms with Crippen LogP contribution in [0.4, 0.5) is 0 Å². The molecule has 2 heteroatoms. The monoisotopic (exact) mass is 220 g/mol. The van der Waals surface area contributed by atoms with E-state index < -0.39 is 11.5 Å². The molecule has 16 heavy (non-hydrogen) atoms. The molecular weight excluding hydrogens is 200 g/mol. The van der Waals surface area contributed by atoms with Gasteiger partial charge >= 0.3 is 0 Å². The molecule has 0 spiro atoms. The standard InChI is InChI=1S/C14H20O2/c1-9-7-6-8-11(10(9)2)12(15)13(16)14(3,4)5/h6-8,13,16H,1-5H3. The van der Waals surface area contributed by atoms with E-state index in [1.165, 1.54) is 0 Å². The molecule has 0 saturated carbocycles. The van der Waals surface area contributed by atoms with Crippen molar-refractivity contribution in [2.24, 2.45) is 5.41 Å². The second-order valence-electron chi connectivity index (χ2n) is 5.38. The van der Waals surface area contributed by atoms with Crippen molar-refractivity contribution in [1.29, 1.82) is 0 Å². The van der Waals surface area contributed by atoms with E-state index in [0.717, 1.165) is 11.1 Å². The summed E-state index contributed by atoms with van der Waals surface area (Å²) in [6.07, 6.45) is -0.951. The van der Waals surface area contributed by atoms with Crippen molar-refractivity contribution in [1.82, 2.24) is 0 Å². The first-order valence-electron chi connectivity index (χ1n) is 5.53. The summed E-state index contributed by atoms with van der Waals surface area (Å²) in [4.78, 5) is 12.1. The molecule has 0 bridgehead atoms. The fourth-order valence-electron chi connectivity index (χ4n) is 1.56. The first kappa shape index (κ1) is 12.9. The molecule has 0 aromatic heterocycles. The first-order chi connectivity index (χ1) is 7.25. The second kappa shape index (κ2) is 4.38. The zero-order valence-corrected chi connectivity index (χ0v) is 10.7. The van der Waals surface area contributed by atoms with Crippen LogP contribution >= 0.6 is 0 Å². The number of carbonyl (C=O) groups excluding carboxylic acids is 1. The van der Waals surface area contributed by atoms with Crippen LogP contribution in [0.15, 0.2) is 18.2 Å². The Balaban J connectivity index is 3.11. The van der Waals surface area contributed by atoms with Gasteiger partial charge in [0.2, 0.25) is 0 Å². The van der Waals surface area contributed by atoms with E-state index >= 15 is 0 Å². The summed E-state index contributed by atoms with van der Waals surface area (Å²) in [5.74, 6) is -0.186. The fourth-order valence-corrected chi connectivity index (χ4v) is 1.56. The zero-order valence-electron chi connectivity index (χ0n) is 10.7. The predicted octanol–water partition coefficient (Wildman–Crippen LogP) is 2.89. The molecule has 0 fully saturated rings. The summed E-state index contributed by atoms with van der Waals surface area (Å²) in [7, 11) is 0. The van der Waals surface area contributed by atoms with Gasteiger partial charge in [0.25, 0.3) is 0 Å². The summed E-state index contributed by atoms with van der Waals surface area (Å²) in [6, 6.07) is 5.60. The van der Waals surface area contributed by atoms with Crippen molar-refractivity contribution >= 4 is 5.78 Å². The summed E-state index contributed by atoms with van der Waals surface area (Å²) in [5.41, 5.74) is 2.23. The van der Waals surface area contributed by atoms with E-state index in [0.29, 0.717) is 5.56 Å². The highest BCUT2D eigenvalue weighted by atomic mass is 16.3. The molecule has 0 aliphatic carbocycles. The largest absolute Gasteiger partial charge is 0.384 e. The number of benzene rings is 1. The molecule has 0 radical (unpaired) electrons. The number of rotatable bonds is 2. The molecule has 1 aromatic carbocycles. The van der Waals surface area contributed by atoms with Gasteiger partial charge in [0.1, 0.15) is 6.10 Å². The summed E-state index contributed by atoms with van der Waals surface area (Å²) >= 11 is 0. The maximum Gasteiger partial charge on any atom is 0.192 e. The van der Waals surface area contributed by atoms with Gasteiger partial charge in [0.05, 0.1) is 0 Å². The number of aliphatic hydroxyl groups excluding tert-OH is 1. The molecular formula is C14H20O2. The van der Waals surface area contributed by atoms with E-state index in [1.54, 1.807) is 6.07 Å². The van der Waals surface area contributed by atoms with Crippen LogP contribution in [0.3, 0.4) is 0 Å². The van der Waals surface area contributed by atoms with E-state index in [9.17, 15) is 9.90 Å². The summed E-state index contributed by atoms with van der Waals surface area (Å²) < 4.78 is 0. The van der Waals surface area contributed by atoms with Gasteiger partial charge in [-0.1, -0.05) is 39.0 Å². The Morgan fingerprint density at radius 3 is 2.31 bits per heavy atom. The van der Waals surface area contributed by atoms with Crippen molar-refractivity contribution in [2.75, 3.05) is 0 Å². The predicted molar refractivity (Wildman–Crippen MR) is 65.7 cm³/mol. The Morgan fingerprint density at radius 2 is 1.81 bits per heavy atom. The van der Waals surface area contributed by atoms with Crippen LogP contribution in [0.5, 0.6) is 0 Å². The van der Waals surface area contributed by atoms with Gasteiger partial charge in [-0.2, -0.15) is 0 Å². The number of carbonyl (C=O) groups is 1. The van der Waals surface area contributed by atoms with Gasteiger partial charge < -0.3 is 5.11 Å². The molecule has 1 aromatic rings. The van der Waals surface area contributed by atoms with E-state index in [2.05, 4.69) is 0 Å². The van der Waals surface area contributed by atoms with Crippen molar-refractivity contribution in [3.8, 4) is 0 Å². The van der Waals surface area contributed by atoms with Crippen molar-refractivity contribution < 1.29 is 9.90 Å². The van der Waals surface area contributed by atoms with Gasteiger partial charge in [0.15, 0.2) is 5.78 Å². The maximum atomic E-state index is 12.1. The molecule has 1 N–H and O–H groups in total. The molecule has 1 rings (SSSR count). The average molecular weight is 220 g/mol. The molecule has 0 heterocycles. The van der Waals surface area contributed by atoms with Gasteiger partial charge in [-0.15, -0.1) is 0 Å². The van der Waals surface area contributed by atoms with Gasteiger partial charge in [-0.3, -0.25) is 4.79 Å². The number of aliphatic hydroxyl groups is 1. The number of ketones is 1. The van der Waals surface area contributed by atoms with Crippen molar-refractivity contribution in [3.05, 3.63) is 34.9 Å². The molecule has 0 aliphatic rings. The van der Waals surface area contributed by atoms with Crippen LogP contribution in [-0.4, -0.2) is 17.0 Å². The molecule has 1 unspecified atom stereocenters. The molecule has 1 atom stereocenters. The van der Waals surface area contributed by atoms with E-state index in [4.69, 9.17) is 0 Å². The van der Waals surface area contributed by atoms with E-state index in [1.807, 2.05) is 46.8 Å². The Kier molecular flexibility index (Phi) is 3.54. The lowest BCUT2D eigenvalue weighted by Crippen LogP contribution is -2.34. The van der Waals surface area contributed by atoms with Crippen molar-refractivity contribution in [2.45, 2.75) is 40.7 Å². The lowest BCUT2D eigenvalue weighted by atomic mass is 9.83. The minimum atomic E-state index is -0.951. The van der Waals surface area contributed by atoms with Crippen LogP contribution in [0.2, 0.25) is 0 Å². The van der Waals surface area contributed by atoms with Gasteiger partial charge in [-0.25, -0.2) is 0 Å². The number of hydrogen-bond acceptors (Lipinski definition) is 2. The lowest BCUT2D eigenvalue weighted by Gasteiger charge is -2.25. The van der Waals surface area contributed by atoms with Crippen LogP contribution in [0, 0.1) is 19.3 Å². The molecule has 0 aliphatic heterocycles. The second-order valence-corrected chi connectivity index (χ2v) is 5.38. The summed E-state index contributed by atoms with van der Waals surface area (Å²) in [5, 5.41) is 9.97.